The van der Waals surface area contributed by atoms with Crippen LogP contribution in [0.25, 0.3) is 22.2 Å². The summed E-state index contributed by atoms with van der Waals surface area (Å²) in [6.45, 7) is 3.48. The average Bonchev–Trinajstić information content (AvgIpc) is 3.82. The molecule has 6 aromatic rings. The fourth-order valence-corrected chi connectivity index (χ4v) is 8.06. The van der Waals surface area contributed by atoms with Crippen LogP contribution in [0.3, 0.4) is 0 Å². The Morgan fingerprint density at radius 3 is 2.58 bits per heavy atom. The maximum absolute atomic E-state index is 14.7. The zero-order valence-corrected chi connectivity index (χ0v) is 29.7. The molecule has 258 valence electrons. The number of rotatable bonds is 7. The van der Waals surface area contributed by atoms with Gasteiger partial charge in [-0.05, 0) is 72.0 Å². The molecule has 1 saturated heterocycles. The smallest absolute Gasteiger partial charge is 0.272 e. The van der Waals surface area contributed by atoms with Crippen LogP contribution in [0, 0.1) is 0 Å². The van der Waals surface area contributed by atoms with E-state index in [2.05, 4.69) is 48.2 Å². The number of aromatic amines is 1. The molecule has 1 atom stereocenters. The van der Waals surface area contributed by atoms with E-state index in [4.69, 9.17) is 32.6 Å². The van der Waals surface area contributed by atoms with Crippen molar-refractivity contribution < 1.29 is 9.21 Å². The van der Waals surface area contributed by atoms with Crippen LogP contribution in [0.4, 0.5) is 11.5 Å². The summed E-state index contributed by atoms with van der Waals surface area (Å²) in [6, 6.07) is 25.4. The second-order valence-corrected chi connectivity index (χ2v) is 14.1. The predicted octanol–water partition coefficient (Wildman–Crippen LogP) is 9.41. The molecule has 11 heteroatoms. The molecule has 6 heterocycles. The SMILES string of the molecule is CCc1nnc(C2CCN(c3ncccc3NC(=O)c3[nH]c4cc(Cl)cc5c4c3C3=C(c4ccccc4)C=C=CN3C5c3ccc(Cl)cc3)CC2)o1. The van der Waals surface area contributed by atoms with Crippen molar-refractivity contribution in [2.45, 2.75) is 38.1 Å². The molecule has 3 aromatic carbocycles. The van der Waals surface area contributed by atoms with E-state index in [-0.39, 0.29) is 17.9 Å². The maximum atomic E-state index is 14.7. The standard InChI is InChI=1S/C41H33Cl2N7O2/c1-2-33-47-48-41(52-33)26-16-20-49(21-17-26)39-31(11-6-18-44-39)46-40(51)36-35-34-30(22-28(43)23-32(34)45-36)37(25-12-14-27(42)15-13-25)50-19-7-10-29(38(35)50)24-8-4-3-5-9-24/h3-6,8-15,18-19,22-23,26,37,45H,2,16-17,20-21H2,1H3,(H,46,51). The normalized spacial score (nSPS) is 16.9. The van der Waals surface area contributed by atoms with Gasteiger partial charge in [0.15, 0.2) is 5.82 Å². The van der Waals surface area contributed by atoms with Crippen molar-refractivity contribution in [1.82, 2.24) is 25.1 Å². The molecule has 0 aliphatic carbocycles. The Morgan fingerprint density at radius 2 is 1.81 bits per heavy atom. The maximum Gasteiger partial charge on any atom is 0.272 e. The average molecular weight is 727 g/mol. The highest BCUT2D eigenvalue weighted by molar-refractivity contribution is 6.32. The number of carbonyl (C=O) groups excluding carboxylic acids is 1. The fourth-order valence-electron chi connectivity index (χ4n) is 7.71. The lowest BCUT2D eigenvalue weighted by Crippen LogP contribution is -2.34. The second kappa shape index (κ2) is 13.2. The highest BCUT2D eigenvalue weighted by atomic mass is 35.5. The lowest BCUT2D eigenvalue weighted by Gasteiger charge is -2.39. The highest BCUT2D eigenvalue weighted by Gasteiger charge is 2.39. The molecule has 0 bridgehead atoms. The lowest BCUT2D eigenvalue weighted by atomic mass is 9.84. The van der Waals surface area contributed by atoms with Crippen molar-refractivity contribution >= 4 is 62.8 Å². The minimum absolute atomic E-state index is 0.191. The number of anilines is 2. The van der Waals surface area contributed by atoms with Gasteiger partial charge in [-0.15, -0.1) is 15.9 Å². The number of hydrogen-bond donors (Lipinski definition) is 2. The van der Waals surface area contributed by atoms with Gasteiger partial charge in [0.2, 0.25) is 11.8 Å². The van der Waals surface area contributed by atoms with Crippen LogP contribution < -0.4 is 10.2 Å². The van der Waals surface area contributed by atoms with Crippen LogP contribution in [-0.4, -0.2) is 44.1 Å². The number of nitrogens with one attached hydrogen (secondary N) is 2. The first kappa shape index (κ1) is 32.3. The number of nitrogens with zero attached hydrogens (tertiary/aromatic N) is 5. The highest BCUT2D eigenvalue weighted by Crippen LogP contribution is 2.51. The Balaban J connectivity index is 1.13. The van der Waals surface area contributed by atoms with Gasteiger partial charge in [-0.2, -0.15) is 0 Å². The third-order valence-electron chi connectivity index (χ3n) is 10.1. The number of H-pyrrole nitrogens is 1. The molecule has 9 rings (SSSR count). The minimum atomic E-state index is -0.279. The summed E-state index contributed by atoms with van der Waals surface area (Å²) in [7, 11) is 0. The van der Waals surface area contributed by atoms with Crippen LogP contribution in [-0.2, 0) is 6.42 Å². The molecule has 2 N–H and O–H groups in total. The first-order chi connectivity index (χ1) is 25.5. The number of benzene rings is 3. The molecular formula is C41H33Cl2N7O2. The van der Waals surface area contributed by atoms with Gasteiger partial charge >= 0.3 is 0 Å². The third kappa shape index (κ3) is 5.58. The summed E-state index contributed by atoms with van der Waals surface area (Å²) in [6.07, 6.45) is 8.10. The zero-order valence-electron chi connectivity index (χ0n) is 28.2. The summed E-state index contributed by atoms with van der Waals surface area (Å²) >= 11 is 13.2. The molecule has 0 saturated carbocycles. The first-order valence-electron chi connectivity index (χ1n) is 17.4. The topological polar surface area (TPSA) is 103 Å². The van der Waals surface area contributed by atoms with E-state index in [1.165, 1.54) is 0 Å². The van der Waals surface area contributed by atoms with Gasteiger partial charge in [0.25, 0.3) is 5.91 Å². The Hall–Kier alpha value is -5.60. The molecule has 52 heavy (non-hydrogen) atoms. The molecule has 3 aliphatic rings. The number of carbonyl (C=O) groups is 1. The number of piperidine rings is 1. The van der Waals surface area contributed by atoms with Crippen molar-refractivity contribution in [3.8, 4) is 0 Å². The number of amides is 1. The molecule has 0 spiro atoms. The largest absolute Gasteiger partial charge is 0.425 e. The van der Waals surface area contributed by atoms with Crippen molar-refractivity contribution in [2.75, 3.05) is 23.3 Å². The van der Waals surface area contributed by atoms with Gasteiger partial charge in [-0.25, -0.2) is 4.98 Å². The van der Waals surface area contributed by atoms with E-state index in [9.17, 15) is 4.79 Å². The molecular weight excluding hydrogens is 693 g/mol. The zero-order chi connectivity index (χ0) is 35.3. The number of hydrogen-bond acceptors (Lipinski definition) is 7. The Bertz CT molecular complexity index is 2440. The van der Waals surface area contributed by atoms with E-state index in [0.29, 0.717) is 39.6 Å². The van der Waals surface area contributed by atoms with Crippen LogP contribution in [0.1, 0.15) is 76.2 Å². The van der Waals surface area contributed by atoms with E-state index in [0.717, 1.165) is 76.2 Å². The summed E-state index contributed by atoms with van der Waals surface area (Å²) in [5.41, 5.74) is 10.9. The number of halogens is 2. The second-order valence-electron chi connectivity index (χ2n) is 13.2. The van der Waals surface area contributed by atoms with Crippen molar-refractivity contribution in [1.29, 1.82) is 0 Å². The molecule has 0 radical (unpaired) electrons. The van der Waals surface area contributed by atoms with Crippen molar-refractivity contribution in [3.05, 3.63) is 153 Å². The monoisotopic (exact) mass is 725 g/mol. The summed E-state index contributed by atoms with van der Waals surface area (Å²) in [5, 5.41) is 13.8. The van der Waals surface area contributed by atoms with Crippen LogP contribution in [0.2, 0.25) is 10.0 Å². The van der Waals surface area contributed by atoms with Gasteiger partial charge in [-0.1, -0.05) is 72.6 Å². The summed E-state index contributed by atoms with van der Waals surface area (Å²) < 4.78 is 5.87. The minimum Gasteiger partial charge on any atom is -0.425 e. The van der Waals surface area contributed by atoms with E-state index in [1.54, 1.807) is 6.20 Å². The van der Waals surface area contributed by atoms with Crippen LogP contribution in [0.15, 0.2) is 107 Å². The number of aromatic nitrogens is 4. The fraction of sp³-hybridized carbons (Fsp3) is 0.195. The van der Waals surface area contributed by atoms with E-state index in [1.807, 2.05) is 85.9 Å². The van der Waals surface area contributed by atoms with Crippen LogP contribution in [0.5, 0.6) is 0 Å². The molecule has 3 aliphatic heterocycles. The molecule has 1 amide bonds. The summed E-state index contributed by atoms with van der Waals surface area (Å²) in [5.74, 6) is 1.99. The number of pyridine rings is 1. The van der Waals surface area contributed by atoms with E-state index < -0.39 is 0 Å². The third-order valence-corrected chi connectivity index (χ3v) is 10.6. The van der Waals surface area contributed by atoms with Crippen molar-refractivity contribution in [3.63, 3.8) is 0 Å². The van der Waals surface area contributed by atoms with Crippen molar-refractivity contribution in [2.24, 2.45) is 0 Å². The van der Waals surface area contributed by atoms with E-state index >= 15 is 0 Å². The Kier molecular flexibility index (Phi) is 8.19. The van der Waals surface area contributed by atoms with Gasteiger partial charge in [0.05, 0.1) is 17.4 Å². The molecule has 9 nitrogen and oxygen atoms in total. The number of aryl methyl sites for hydroxylation is 1. The Morgan fingerprint density at radius 1 is 1.00 bits per heavy atom. The number of allylic oxidation sites excluding steroid dienone is 2. The van der Waals surface area contributed by atoms with Gasteiger partial charge < -0.3 is 24.5 Å². The number of fused-ring (bicyclic) bond motifs is 2. The molecule has 1 fully saturated rings. The first-order valence-corrected chi connectivity index (χ1v) is 18.2. The van der Waals surface area contributed by atoms with Gasteiger partial charge in [0, 0.05) is 69.9 Å². The van der Waals surface area contributed by atoms with Gasteiger partial charge in [-0.3, -0.25) is 4.79 Å². The molecule has 1 unspecified atom stereocenters. The Labute approximate surface area is 310 Å². The summed E-state index contributed by atoms with van der Waals surface area (Å²) in [4.78, 5) is 27.3. The quantitative estimate of drug-likeness (QED) is 0.158. The van der Waals surface area contributed by atoms with Crippen LogP contribution >= 0.6 is 23.2 Å². The lowest BCUT2D eigenvalue weighted by molar-refractivity contribution is 0.102. The van der Waals surface area contributed by atoms with Gasteiger partial charge in [0.1, 0.15) is 5.69 Å². The molecule has 3 aromatic heterocycles. The predicted molar refractivity (Wildman–Crippen MR) is 204 cm³/mol.